The van der Waals surface area contributed by atoms with Crippen molar-refractivity contribution in [3.8, 4) is 6.07 Å². The number of hydrogen-bond donors (Lipinski definition) is 0. The Balaban J connectivity index is 5.14. The number of ether oxygens (including phenoxy) is 1. The van der Waals surface area contributed by atoms with Crippen LogP contribution in [0.15, 0.2) is 0 Å². The molecule has 0 aliphatic carbocycles. The largest absolute Gasteiger partial charge is 0.468 e. The van der Waals surface area contributed by atoms with Gasteiger partial charge in [-0.3, -0.25) is 9.59 Å². The normalized spacial score (nSPS) is 10.7. The van der Waals surface area contributed by atoms with E-state index in [9.17, 15) is 14.9 Å². The molecule has 0 N–H and O–H groups in total. The minimum absolute atomic E-state index is 0.0946. The Hall–Kier alpha value is -1.57. The molecule has 0 spiro atoms. The molecule has 0 saturated carbocycles. The fourth-order valence-corrected chi connectivity index (χ4v) is 2.20. The molecule has 0 aromatic rings. The van der Waals surface area contributed by atoms with Gasteiger partial charge in [-0.2, -0.15) is 5.26 Å². The second-order valence-corrected chi connectivity index (χ2v) is 4.59. The van der Waals surface area contributed by atoms with Gasteiger partial charge in [-0.1, -0.05) is 26.7 Å². The molecule has 5 nitrogen and oxygen atoms in total. The molecular weight excluding hydrogens is 244 g/mol. The molecule has 108 valence electrons. The number of likely N-dealkylation sites (N-methyl/N-ethyl adjacent to an activating group) is 1. The number of esters is 1. The van der Waals surface area contributed by atoms with Crippen LogP contribution in [-0.2, 0) is 14.3 Å². The van der Waals surface area contributed by atoms with Gasteiger partial charge in [0, 0.05) is 6.54 Å². The summed E-state index contributed by atoms with van der Waals surface area (Å²) in [4.78, 5) is 25.3. The molecule has 0 aromatic heterocycles. The molecule has 0 radical (unpaired) electrons. The number of carbonyl (C=O) groups excluding carboxylic acids is 2. The number of methoxy groups -OCH3 is 1. The second kappa shape index (κ2) is 8.52. The molecule has 0 aliphatic heterocycles. The first kappa shape index (κ1) is 17.4. The maximum absolute atomic E-state index is 12.6. The topological polar surface area (TPSA) is 70.4 Å². The van der Waals surface area contributed by atoms with E-state index >= 15 is 0 Å². The van der Waals surface area contributed by atoms with E-state index in [2.05, 4.69) is 10.8 Å². The van der Waals surface area contributed by atoms with Crippen molar-refractivity contribution in [3.05, 3.63) is 0 Å². The first-order valence-corrected chi connectivity index (χ1v) is 6.78. The van der Waals surface area contributed by atoms with Gasteiger partial charge in [0.05, 0.1) is 13.2 Å². The van der Waals surface area contributed by atoms with E-state index in [0.717, 1.165) is 12.8 Å². The van der Waals surface area contributed by atoms with Crippen LogP contribution in [-0.4, -0.2) is 37.0 Å². The lowest BCUT2D eigenvalue weighted by Crippen LogP contribution is -2.45. The SMILES string of the molecule is CCCC(C#N)(CCC)C(=O)N(CC)CC(=O)OC. The van der Waals surface area contributed by atoms with E-state index in [1.54, 1.807) is 6.92 Å². The average Bonchev–Trinajstić information content (AvgIpc) is 2.43. The Kier molecular flexibility index (Phi) is 7.81. The molecule has 0 heterocycles. The minimum atomic E-state index is -1.01. The van der Waals surface area contributed by atoms with Gasteiger partial charge < -0.3 is 9.64 Å². The van der Waals surface area contributed by atoms with Crippen LogP contribution >= 0.6 is 0 Å². The van der Waals surface area contributed by atoms with Gasteiger partial charge in [0.2, 0.25) is 5.91 Å². The monoisotopic (exact) mass is 268 g/mol. The van der Waals surface area contributed by atoms with E-state index in [1.165, 1.54) is 12.0 Å². The highest BCUT2D eigenvalue weighted by molar-refractivity contribution is 5.88. The summed E-state index contributed by atoms with van der Waals surface area (Å²) in [7, 11) is 1.29. The molecule has 0 aromatic carbocycles. The van der Waals surface area contributed by atoms with Crippen molar-refractivity contribution >= 4 is 11.9 Å². The lowest BCUT2D eigenvalue weighted by Gasteiger charge is -2.31. The third-order valence-electron chi connectivity index (χ3n) is 3.19. The first-order chi connectivity index (χ1) is 9.01. The Morgan fingerprint density at radius 3 is 2.05 bits per heavy atom. The van der Waals surface area contributed by atoms with Crippen LogP contribution < -0.4 is 0 Å². The number of carbonyl (C=O) groups is 2. The van der Waals surface area contributed by atoms with Gasteiger partial charge in [-0.25, -0.2) is 0 Å². The summed E-state index contributed by atoms with van der Waals surface area (Å²) in [5.41, 5.74) is -1.01. The summed E-state index contributed by atoms with van der Waals surface area (Å²) in [6, 6.07) is 2.18. The van der Waals surface area contributed by atoms with Crippen LogP contribution in [0.5, 0.6) is 0 Å². The van der Waals surface area contributed by atoms with Gasteiger partial charge in [0.25, 0.3) is 0 Å². The molecule has 0 rings (SSSR count). The molecule has 19 heavy (non-hydrogen) atoms. The van der Waals surface area contributed by atoms with Crippen molar-refractivity contribution in [2.75, 3.05) is 20.2 Å². The molecule has 0 aliphatic rings. The highest BCUT2D eigenvalue weighted by Gasteiger charge is 2.40. The van der Waals surface area contributed by atoms with Crippen molar-refractivity contribution in [2.24, 2.45) is 5.41 Å². The summed E-state index contributed by atoms with van der Waals surface area (Å²) in [5, 5.41) is 9.43. The quantitative estimate of drug-likeness (QED) is 0.632. The molecule has 0 fully saturated rings. The summed E-state index contributed by atoms with van der Waals surface area (Å²) < 4.78 is 4.58. The second-order valence-electron chi connectivity index (χ2n) is 4.59. The van der Waals surface area contributed by atoms with Crippen LogP contribution in [0.25, 0.3) is 0 Å². The van der Waals surface area contributed by atoms with Gasteiger partial charge in [0.15, 0.2) is 0 Å². The predicted molar refractivity (Wildman–Crippen MR) is 72.1 cm³/mol. The standard InChI is InChI=1S/C14H24N2O3/c1-5-8-14(11-15,9-6-2)13(18)16(7-3)10-12(17)19-4/h5-10H2,1-4H3. The predicted octanol–water partition coefficient (Wildman–Crippen LogP) is 2.12. The van der Waals surface area contributed by atoms with Crippen molar-refractivity contribution in [3.63, 3.8) is 0 Å². The number of nitrogens with zero attached hydrogens (tertiary/aromatic N) is 2. The highest BCUT2D eigenvalue weighted by Crippen LogP contribution is 2.31. The van der Waals surface area contributed by atoms with Gasteiger partial charge in [-0.05, 0) is 19.8 Å². The van der Waals surface area contributed by atoms with Crippen LogP contribution in [0.2, 0.25) is 0 Å². The summed E-state index contributed by atoms with van der Waals surface area (Å²) in [5.74, 6) is -0.721. The Morgan fingerprint density at radius 2 is 1.74 bits per heavy atom. The van der Waals surface area contributed by atoms with Crippen molar-refractivity contribution in [1.82, 2.24) is 4.90 Å². The van der Waals surface area contributed by atoms with Crippen LogP contribution in [0.3, 0.4) is 0 Å². The van der Waals surface area contributed by atoms with Gasteiger partial charge in [0.1, 0.15) is 12.0 Å². The van der Waals surface area contributed by atoms with Crippen LogP contribution in [0, 0.1) is 16.7 Å². The molecule has 1 amide bonds. The van der Waals surface area contributed by atoms with E-state index < -0.39 is 11.4 Å². The van der Waals surface area contributed by atoms with Crippen molar-refractivity contribution in [1.29, 1.82) is 5.26 Å². The van der Waals surface area contributed by atoms with Crippen LogP contribution in [0.4, 0.5) is 0 Å². The molecule has 0 atom stereocenters. The maximum Gasteiger partial charge on any atom is 0.325 e. The fourth-order valence-electron chi connectivity index (χ4n) is 2.20. The molecule has 0 bridgehead atoms. The molecule has 0 unspecified atom stereocenters. The highest BCUT2D eigenvalue weighted by atomic mass is 16.5. The Bertz CT molecular complexity index is 341. The Labute approximate surface area is 115 Å². The van der Waals surface area contributed by atoms with E-state index in [0.29, 0.717) is 19.4 Å². The third kappa shape index (κ3) is 4.55. The van der Waals surface area contributed by atoms with Gasteiger partial charge in [-0.15, -0.1) is 0 Å². The number of rotatable bonds is 8. The van der Waals surface area contributed by atoms with Crippen molar-refractivity contribution < 1.29 is 14.3 Å². The Morgan fingerprint density at radius 1 is 1.21 bits per heavy atom. The summed E-state index contributed by atoms with van der Waals surface area (Å²) >= 11 is 0. The van der Waals surface area contributed by atoms with Crippen molar-refractivity contribution in [2.45, 2.75) is 46.5 Å². The van der Waals surface area contributed by atoms with E-state index in [4.69, 9.17) is 0 Å². The third-order valence-corrected chi connectivity index (χ3v) is 3.19. The number of nitriles is 1. The number of hydrogen-bond acceptors (Lipinski definition) is 4. The summed E-state index contributed by atoms with van der Waals surface area (Å²) in [6.45, 7) is 5.99. The zero-order valence-corrected chi connectivity index (χ0v) is 12.4. The lowest BCUT2D eigenvalue weighted by atomic mass is 9.79. The van der Waals surface area contributed by atoms with E-state index in [-0.39, 0.29) is 12.5 Å². The fraction of sp³-hybridized carbons (Fsp3) is 0.786. The average molecular weight is 268 g/mol. The number of amides is 1. The molecule has 5 heteroatoms. The lowest BCUT2D eigenvalue weighted by molar-refractivity contribution is -0.150. The summed E-state index contributed by atoms with van der Waals surface area (Å²) in [6.07, 6.45) is 2.56. The van der Waals surface area contributed by atoms with Gasteiger partial charge >= 0.3 is 5.97 Å². The zero-order valence-electron chi connectivity index (χ0n) is 12.4. The van der Waals surface area contributed by atoms with Crippen LogP contribution in [0.1, 0.15) is 46.5 Å². The minimum Gasteiger partial charge on any atom is -0.468 e. The molecule has 0 saturated heterocycles. The van der Waals surface area contributed by atoms with E-state index in [1.807, 2.05) is 13.8 Å². The molecular formula is C14H24N2O3. The smallest absolute Gasteiger partial charge is 0.325 e. The zero-order chi connectivity index (χ0) is 14.9. The maximum atomic E-state index is 12.6. The first-order valence-electron chi connectivity index (χ1n) is 6.78.